The quantitative estimate of drug-likeness (QED) is 0.0965. The second-order valence-electron chi connectivity index (χ2n) is 9.70. The third-order valence-corrected chi connectivity index (χ3v) is 6.61. The van der Waals surface area contributed by atoms with Gasteiger partial charge in [0.1, 0.15) is 0 Å². The van der Waals surface area contributed by atoms with Crippen molar-refractivity contribution in [3.05, 3.63) is 19.1 Å². The molecule has 1 radical (unpaired) electrons. The Morgan fingerprint density at radius 2 is 0.600 bits per heavy atom. The van der Waals surface area contributed by atoms with Crippen LogP contribution in [0.25, 0.3) is 0 Å². The highest BCUT2D eigenvalue weighted by Crippen LogP contribution is 2.15. The van der Waals surface area contributed by atoms with E-state index in [1.807, 2.05) is 0 Å². The van der Waals surface area contributed by atoms with Gasteiger partial charge in [0, 0.05) is 0 Å². The van der Waals surface area contributed by atoms with E-state index in [0.29, 0.717) is 0 Å². The van der Waals surface area contributed by atoms with Crippen LogP contribution in [0.4, 0.5) is 0 Å². The molecule has 0 saturated heterocycles. The van der Waals surface area contributed by atoms with Crippen molar-refractivity contribution in [3.63, 3.8) is 0 Å². The van der Waals surface area contributed by atoms with E-state index in [-0.39, 0.29) is 0 Å². The van der Waals surface area contributed by atoms with Crippen molar-refractivity contribution >= 4 is 0 Å². The van der Waals surface area contributed by atoms with Gasteiger partial charge in [0.2, 0.25) is 0 Å². The van der Waals surface area contributed by atoms with E-state index in [4.69, 9.17) is 0 Å². The molecule has 0 atom stereocenters. The summed E-state index contributed by atoms with van der Waals surface area (Å²) in [4.78, 5) is 0. The molecule has 0 saturated carbocycles. The first-order valence-electron chi connectivity index (χ1n) is 14.3. The van der Waals surface area contributed by atoms with Crippen molar-refractivity contribution in [2.75, 3.05) is 0 Å². The second-order valence-corrected chi connectivity index (χ2v) is 9.70. The molecule has 0 amide bonds. The van der Waals surface area contributed by atoms with Gasteiger partial charge >= 0.3 is 0 Å². The summed E-state index contributed by atoms with van der Waals surface area (Å²) in [5.74, 6) is 0. The SMILES string of the molecule is [CH2]CCCCCCCCCCCCCCCCCCCCCCCCCC/C=C/C. The van der Waals surface area contributed by atoms with Gasteiger partial charge in [-0.05, 0) is 19.8 Å². The smallest absolute Gasteiger partial charge is 0.0351 e. The maximum Gasteiger partial charge on any atom is -0.0351 e. The van der Waals surface area contributed by atoms with E-state index in [9.17, 15) is 0 Å². The molecule has 0 aromatic carbocycles. The predicted molar refractivity (Wildman–Crippen MR) is 140 cm³/mol. The molecule has 0 fully saturated rings. The minimum atomic E-state index is 1.12. The lowest BCUT2D eigenvalue weighted by Crippen LogP contribution is -1.84. The normalized spacial score (nSPS) is 11.7. The molecule has 0 aromatic heterocycles. The van der Waals surface area contributed by atoms with E-state index in [1.54, 1.807) is 0 Å². The molecule has 0 spiro atoms. The van der Waals surface area contributed by atoms with Crippen LogP contribution in [-0.4, -0.2) is 0 Å². The Morgan fingerprint density at radius 3 is 0.833 bits per heavy atom. The summed E-state index contributed by atoms with van der Waals surface area (Å²) in [6.45, 7) is 6.04. The number of hydrogen-bond donors (Lipinski definition) is 0. The van der Waals surface area contributed by atoms with Crippen LogP contribution < -0.4 is 0 Å². The highest BCUT2D eigenvalue weighted by Gasteiger charge is 1.96. The van der Waals surface area contributed by atoms with Gasteiger partial charge in [0.25, 0.3) is 0 Å². The highest BCUT2D eigenvalue weighted by atomic mass is 14.0. The average Bonchev–Trinajstić information content (AvgIpc) is 2.76. The number of rotatable bonds is 26. The van der Waals surface area contributed by atoms with Crippen LogP contribution in [0, 0.1) is 6.92 Å². The van der Waals surface area contributed by atoms with E-state index in [1.165, 1.54) is 161 Å². The Kier molecular flexibility index (Phi) is 28.5. The first-order chi connectivity index (χ1) is 14.9. The Morgan fingerprint density at radius 1 is 0.367 bits per heavy atom. The second kappa shape index (κ2) is 28.7. The van der Waals surface area contributed by atoms with Crippen LogP contribution in [0.3, 0.4) is 0 Å². The van der Waals surface area contributed by atoms with Crippen molar-refractivity contribution in [2.24, 2.45) is 0 Å². The fraction of sp³-hybridized carbons (Fsp3) is 0.900. The van der Waals surface area contributed by atoms with E-state index in [2.05, 4.69) is 26.0 Å². The average molecular weight is 420 g/mol. The van der Waals surface area contributed by atoms with Gasteiger partial charge in [-0.15, -0.1) is 0 Å². The summed E-state index contributed by atoms with van der Waals surface area (Å²) in [7, 11) is 0. The maximum atomic E-state index is 3.92. The zero-order valence-corrected chi connectivity index (χ0v) is 21.2. The molecule has 0 bridgehead atoms. The van der Waals surface area contributed by atoms with Crippen LogP contribution in [-0.2, 0) is 0 Å². The predicted octanol–water partition coefficient (Wildman–Crippen LogP) is 11.5. The van der Waals surface area contributed by atoms with Crippen LogP contribution in [0.15, 0.2) is 12.2 Å². The topological polar surface area (TPSA) is 0 Å². The monoisotopic (exact) mass is 419 g/mol. The molecule has 0 aliphatic rings. The van der Waals surface area contributed by atoms with Gasteiger partial charge in [-0.1, -0.05) is 173 Å². The van der Waals surface area contributed by atoms with E-state index >= 15 is 0 Å². The minimum absolute atomic E-state index is 1.12. The Labute approximate surface area is 193 Å². The molecule has 0 heterocycles. The number of allylic oxidation sites excluding steroid dienone is 2. The number of hydrogen-bond acceptors (Lipinski definition) is 0. The van der Waals surface area contributed by atoms with Crippen molar-refractivity contribution in [2.45, 2.75) is 174 Å². The Balaban J connectivity index is 2.99. The lowest BCUT2D eigenvalue weighted by molar-refractivity contribution is 0.516. The zero-order chi connectivity index (χ0) is 21.8. The first kappa shape index (κ1) is 29.7. The molecule has 0 nitrogen and oxygen atoms in total. The Bertz CT molecular complexity index is 303. The van der Waals surface area contributed by atoms with Gasteiger partial charge in [-0.25, -0.2) is 0 Å². The minimum Gasteiger partial charge on any atom is -0.0917 e. The van der Waals surface area contributed by atoms with Crippen molar-refractivity contribution in [1.82, 2.24) is 0 Å². The van der Waals surface area contributed by atoms with E-state index < -0.39 is 0 Å². The van der Waals surface area contributed by atoms with Crippen molar-refractivity contribution in [1.29, 1.82) is 0 Å². The molecule has 30 heavy (non-hydrogen) atoms. The Hall–Kier alpha value is -0.260. The van der Waals surface area contributed by atoms with Gasteiger partial charge in [0.15, 0.2) is 0 Å². The highest BCUT2D eigenvalue weighted by molar-refractivity contribution is 4.76. The third-order valence-electron chi connectivity index (χ3n) is 6.61. The molecule has 0 aromatic rings. The summed E-state index contributed by atoms with van der Waals surface area (Å²) in [5.41, 5.74) is 0. The summed E-state index contributed by atoms with van der Waals surface area (Å²) < 4.78 is 0. The van der Waals surface area contributed by atoms with E-state index in [0.717, 1.165) is 6.42 Å². The molecule has 0 aliphatic heterocycles. The molecule has 0 rings (SSSR count). The van der Waals surface area contributed by atoms with Gasteiger partial charge in [-0.3, -0.25) is 0 Å². The molecular formula is C30H59. The summed E-state index contributed by atoms with van der Waals surface area (Å²) in [6, 6.07) is 0. The van der Waals surface area contributed by atoms with Gasteiger partial charge in [0.05, 0.1) is 0 Å². The standard InChI is InChI=1S/C30H59/c1-3-5-7-9-11-13-15-17-19-21-23-25-27-29-30-28-26-24-22-20-18-16-14-12-10-8-6-4-2/h4,6H,1,3,5,7-30H2,2H3/b6-4+. The largest absolute Gasteiger partial charge is 0.0917 e. The lowest BCUT2D eigenvalue weighted by Gasteiger charge is -2.04. The first-order valence-corrected chi connectivity index (χ1v) is 14.3. The summed E-state index contributed by atoms with van der Waals surface area (Å²) >= 11 is 0. The van der Waals surface area contributed by atoms with Crippen LogP contribution in [0.2, 0.25) is 0 Å². The zero-order valence-electron chi connectivity index (χ0n) is 21.2. The molecule has 0 N–H and O–H groups in total. The molecule has 0 aliphatic carbocycles. The van der Waals surface area contributed by atoms with Gasteiger partial charge < -0.3 is 0 Å². The van der Waals surface area contributed by atoms with Crippen molar-refractivity contribution < 1.29 is 0 Å². The molecule has 179 valence electrons. The third kappa shape index (κ3) is 27.7. The van der Waals surface area contributed by atoms with Crippen LogP contribution in [0.5, 0.6) is 0 Å². The van der Waals surface area contributed by atoms with Gasteiger partial charge in [-0.2, -0.15) is 0 Å². The van der Waals surface area contributed by atoms with Crippen LogP contribution in [0.1, 0.15) is 174 Å². The summed E-state index contributed by atoms with van der Waals surface area (Å²) in [5, 5.41) is 0. The van der Waals surface area contributed by atoms with Crippen molar-refractivity contribution in [3.8, 4) is 0 Å². The summed E-state index contributed by atoms with van der Waals surface area (Å²) in [6.07, 6.45) is 42.0. The molecular weight excluding hydrogens is 360 g/mol. The lowest BCUT2D eigenvalue weighted by atomic mass is 10.0. The molecule has 0 unspecified atom stereocenters. The maximum absolute atomic E-state index is 3.92. The fourth-order valence-electron chi connectivity index (χ4n) is 4.49. The fourth-order valence-corrected chi connectivity index (χ4v) is 4.49. The number of unbranched alkanes of at least 4 members (excludes halogenated alkanes) is 25. The van der Waals surface area contributed by atoms with Crippen LogP contribution >= 0.6 is 0 Å². The molecule has 0 heteroatoms.